The van der Waals surface area contributed by atoms with Crippen LogP contribution in [-0.4, -0.2) is 10.8 Å². The van der Waals surface area contributed by atoms with E-state index < -0.39 is 0 Å². The lowest BCUT2D eigenvalue weighted by Crippen LogP contribution is -1.98. The van der Waals surface area contributed by atoms with Gasteiger partial charge in [0.1, 0.15) is 0 Å². The topological polar surface area (TPSA) is 29.3 Å². The Kier molecular flexibility index (Phi) is 5.14. The fourth-order valence-electron chi connectivity index (χ4n) is 3.03. The first-order valence-corrected chi connectivity index (χ1v) is 9.32. The van der Waals surface area contributed by atoms with Crippen LogP contribution in [-0.2, 0) is 6.54 Å². The van der Waals surface area contributed by atoms with Crippen molar-refractivity contribution in [2.75, 3.05) is 5.43 Å². The summed E-state index contributed by atoms with van der Waals surface area (Å²) < 4.78 is 2.19. The fourth-order valence-corrected chi connectivity index (χ4v) is 3.35. The van der Waals surface area contributed by atoms with Crippen molar-refractivity contribution in [3.8, 4) is 0 Å². The van der Waals surface area contributed by atoms with Crippen LogP contribution in [0.25, 0.3) is 10.9 Å². The maximum Gasteiger partial charge on any atom is 0.0595 e. The summed E-state index contributed by atoms with van der Waals surface area (Å²) in [5.74, 6) is 0. The van der Waals surface area contributed by atoms with Gasteiger partial charge in [0, 0.05) is 29.2 Å². The van der Waals surface area contributed by atoms with Crippen LogP contribution in [0, 0.1) is 0 Å². The minimum absolute atomic E-state index is 0.567. The van der Waals surface area contributed by atoms with Crippen molar-refractivity contribution < 1.29 is 0 Å². The lowest BCUT2D eigenvalue weighted by atomic mass is 10.2. The van der Waals surface area contributed by atoms with Crippen LogP contribution in [0.2, 0.25) is 10.0 Å². The van der Waals surface area contributed by atoms with E-state index in [1.165, 1.54) is 0 Å². The van der Waals surface area contributed by atoms with Gasteiger partial charge < -0.3 is 4.57 Å². The molecule has 0 fully saturated rings. The van der Waals surface area contributed by atoms with Crippen molar-refractivity contribution in [1.82, 2.24) is 4.57 Å². The summed E-state index contributed by atoms with van der Waals surface area (Å²) in [6, 6.07) is 23.9. The maximum atomic E-state index is 6.16. The third-order valence-electron chi connectivity index (χ3n) is 4.33. The molecule has 0 amide bonds. The molecule has 0 unspecified atom stereocenters. The normalized spacial score (nSPS) is 11.3. The Morgan fingerprint density at radius 3 is 2.48 bits per heavy atom. The number of fused-ring (bicyclic) bond motifs is 1. The highest BCUT2D eigenvalue weighted by molar-refractivity contribution is 6.42. The number of hydrogen-bond acceptors (Lipinski definition) is 2. The van der Waals surface area contributed by atoms with Gasteiger partial charge in [-0.1, -0.05) is 65.7 Å². The number of benzene rings is 3. The molecule has 4 rings (SSSR count). The Morgan fingerprint density at radius 1 is 0.889 bits per heavy atom. The van der Waals surface area contributed by atoms with E-state index in [2.05, 4.69) is 33.4 Å². The van der Waals surface area contributed by atoms with E-state index in [-0.39, 0.29) is 0 Å². The highest BCUT2D eigenvalue weighted by Crippen LogP contribution is 2.25. The summed E-state index contributed by atoms with van der Waals surface area (Å²) in [6.07, 6.45) is 3.95. The molecule has 3 aromatic carbocycles. The lowest BCUT2D eigenvalue weighted by molar-refractivity contribution is 0.836. The Labute approximate surface area is 167 Å². The molecule has 5 heteroatoms. The van der Waals surface area contributed by atoms with E-state index in [0.717, 1.165) is 27.7 Å². The van der Waals surface area contributed by atoms with Gasteiger partial charge in [0.05, 0.1) is 21.9 Å². The van der Waals surface area contributed by atoms with Crippen LogP contribution in [0.15, 0.2) is 84.1 Å². The molecule has 0 aliphatic heterocycles. The van der Waals surface area contributed by atoms with Crippen LogP contribution in [0.1, 0.15) is 11.1 Å². The Morgan fingerprint density at radius 2 is 1.67 bits per heavy atom. The van der Waals surface area contributed by atoms with Gasteiger partial charge in [-0.05, 0) is 35.9 Å². The van der Waals surface area contributed by atoms with Crippen LogP contribution < -0.4 is 5.43 Å². The average Bonchev–Trinajstić information content (AvgIpc) is 3.03. The van der Waals surface area contributed by atoms with Crippen LogP contribution >= 0.6 is 23.2 Å². The molecule has 1 N–H and O–H groups in total. The first kappa shape index (κ1) is 17.7. The van der Waals surface area contributed by atoms with E-state index in [0.29, 0.717) is 16.6 Å². The van der Waals surface area contributed by atoms with E-state index in [4.69, 9.17) is 23.2 Å². The van der Waals surface area contributed by atoms with Gasteiger partial charge in [0.15, 0.2) is 0 Å². The summed E-state index contributed by atoms with van der Waals surface area (Å²) in [5, 5.41) is 6.67. The minimum atomic E-state index is 0.567. The van der Waals surface area contributed by atoms with Gasteiger partial charge in [-0.2, -0.15) is 5.10 Å². The number of anilines is 1. The SMILES string of the molecule is Clc1ccc(Cn2cc(/C=N\Nc3ccccc3)c3ccccc32)cc1Cl. The quantitative estimate of drug-likeness (QED) is 0.306. The summed E-state index contributed by atoms with van der Waals surface area (Å²) >= 11 is 12.2. The van der Waals surface area contributed by atoms with Gasteiger partial charge in [0.2, 0.25) is 0 Å². The highest BCUT2D eigenvalue weighted by Gasteiger charge is 2.08. The fraction of sp³-hybridized carbons (Fsp3) is 0.0455. The number of nitrogens with zero attached hydrogens (tertiary/aromatic N) is 2. The second-order valence-electron chi connectivity index (χ2n) is 6.21. The summed E-state index contributed by atoms with van der Waals surface area (Å²) in [7, 11) is 0. The molecule has 0 saturated carbocycles. The van der Waals surface area contributed by atoms with Gasteiger partial charge in [0.25, 0.3) is 0 Å². The molecule has 3 nitrogen and oxygen atoms in total. The zero-order valence-electron chi connectivity index (χ0n) is 14.4. The van der Waals surface area contributed by atoms with Crippen LogP contribution in [0.3, 0.4) is 0 Å². The zero-order chi connectivity index (χ0) is 18.6. The molecule has 134 valence electrons. The van der Waals surface area contributed by atoms with E-state index >= 15 is 0 Å². The Balaban J connectivity index is 1.63. The summed E-state index contributed by atoms with van der Waals surface area (Å²) in [4.78, 5) is 0. The van der Waals surface area contributed by atoms with Crippen LogP contribution in [0.5, 0.6) is 0 Å². The van der Waals surface area contributed by atoms with E-state index in [1.807, 2.05) is 66.9 Å². The Hall–Kier alpha value is -2.75. The summed E-state index contributed by atoms with van der Waals surface area (Å²) in [5.41, 5.74) is 7.30. The standard InChI is InChI=1S/C22H17Cl2N3/c23-20-11-10-16(12-21(20)24)14-27-15-17(19-8-4-5-9-22(19)27)13-25-26-18-6-2-1-3-7-18/h1-13,15,26H,14H2/b25-13-. The Bertz CT molecular complexity index is 1100. The van der Waals surface area contributed by atoms with Crippen molar-refractivity contribution in [2.24, 2.45) is 5.10 Å². The molecular weight excluding hydrogens is 377 g/mol. The minimum Gasteiger partial charge on any atom is -0.342 e. The second-order valence-corrected chi connectivity index (χ2v) is 7.03. The highest BCUT2D eigenvalue weighted by atomic mass is 35.5. The lowest BCUT2D eigenvalue weighted by Gasteiger charge is -2.06. The third kappa shape index (κ3) is 4.00. The zero-order valence-corrected chi connectivity index (χ0v) is 16.0. The van der Waals surface area contributed by atoms with Crippen molar-refractivity contribution in [3.63, 3.8) is 0 Å². The number of nitrogens with one attached hydrogen (secondary N) is 1. The molecule has 27 heavy (non-hydrogen) atoms. The van der Waals surface area contributed by atoms with Crippen molar-refractivity contribution >= 4 is 46.0 Å². The van der Waals surface area contributed by atoms with E-state index in [1.54, 1.807) is 0 Å². The first-order chi connectivity index (χ1) is 13.2. The smallest absolute Gasteiger partial charge is 0.0595 e. The average molecular weight is 394 g/mol. The molecule has 0 atom stereocenters. The predicted molar refractivity (Wildman–Crippen MR) is 115 cm³/mol. The van der Waals surface area contributed by atoms with Crippen molar-refractivity contribution in [3.05, 3.63) is 100 Å². The van der Waals surface area contributed by atoms with Crippen molar-refractivity contribution in [1.29, 1.82) is 0 Å². The molecule has 0 spiro atoms. The molecule has 0 bridgehead atoms. The van der Waals surface area contributed by atoms with Crippen molar-refractivity contribution in [2.45, 2.75) is 6.54 Å². The molecule has 1 aromatic heterocycles. The molecule has 1 heterocycles. The molecular formula is C22H17Cl2N3. The number of para-hydroxylation sites is 2. The maximum absolute atomic E-state index is 6.16. The number of halogens is 2. The summed E-state index contributed by atoms with van der Waals surface area (Å²) in [6.45, 7) is 0.706. The van der Waals surface area contributed by atoms with Gasteiger partial charge in [-0.15, -0.1) is 0 Å². The second kappa shape index (κ2) is 7.87. The predicted octanol–water partition coefficient (Wildman–Crippen LogP) is 6.44. The molecule has 0 aliphatic rings. The first-order valence-electron chi connectivity index (χ1n) is 8.56. The molecule has 4 aromatic rings. The number of aromatic nitrogens is 1. The number of rotatable bonds is 5. The number of hydrazone groups is 1. The third-order valence-corrected chi connectivity index (χ3v) is 5.07. The monoisotopic (exact) mass is 393 g/mol. The number of hydrogen-bond donors (Lipinski definition) is 1. The molecule has 0 radical (unpaired) electrons. The van der Waals surface area contributed by atoms with E-state index in [9.17, 15) is 0 Å². The van der Waals surface area contributed by atoms with Gasteiger partial charge >= 0.3 is 0 Å². The van der Waals surface area contributed by atoms with Gasteiger partial charge in [-0.3, -0.25) is 5.43 Å². The largest absolute Gasteiger partial charge is 0.342 e. The van der Waals surface area contributed by atoms with Crippen LogP contribution in [0.4, 0.5) is 5.69 Å². The molecule has 0 saturated heterocycles. The van der Waals surface area contributed by atoms with Gasteiger partial charge in [-0.25, -0.2) is 0 Å². The molecule has 0 aliphatic carbocycles.